The Hall–Kier alpha value is -2.77. The van der Waals surface area contributed by atoms with Crippen molar-refractivity contribution in [2.45, 2.75) is 26.4 Å². The summed E-state index contributed by atoms with van der Waals surface area (Å²) in [6.45, 7) is 4.31. The van der Waals surface area contributed by atoms with Crippen LogP contribution in [0.15, 0.2) is 66.4 Å². The van der Waals surface area contributed by atoms with Crippen LogP contribution in [-0.2, 0) is 11.3 Å². The Kier molecular flexibility index (Phi) is 6.62. The predicted octanol–water partition coefficient (Wildman–Crippen LogP) is 4.60. The number of carbonyl (C=O) groups excluding carboxylic acids is 1. The molecule has 1 amide bonds. The number of hydrogen-bond donors (Lipinski definition) is 1. The summed E-state index contributed by atoms with van der Waals surface area (Å²) in [5.41, 5.74) is 1.78. The minimum atomic E-state index is -0.309. The van der Waals surface area contributed by atoms with E-state index in [0.29, 0.717) is 17.3 Å². The fourth-order valence-corrected chi connectivity index (χ4v) is 2.49. The summed E-state index contributed by atoms with van der Waals surface area (Å²) in [4.78, 5) is 14.4. The van der Waals surface area contributed by atoms with Crippen LogP contribution in [0.5, 0.6) is 0 Å². The number of carbonyl (C=O) groups is 1. The third-order valence-electron chi connectivity index (χ3n) is 3.64. The van der Waals surface area contributed by atoms with Crippen molar-refractivity contribution in [1.82, 2.24) is 4.90 Å². The fraction of sp³-hybridized carbons (Fsp3) is 0.200. The first-order valence-electron chi connectivity index (χ1n) is 7.98. The zero-order valence-corrected chi connectivity index (χ0v) is 15.0. The summed E-state index contributed by atoms with van der Waals surface area (Å²) >= 11 is 5.94. The zero-order valence-electron chi connectivity index (χ0n) is 14.2. The minimum Gasteiger partial charge on any atom is -0.360 e. The Morgan fingerprint density at radius 1 is 1.24 bits per heavy atom. The van der Waals surface area contributed by atoms with Gasteiger partial charge in [0, 0.05) is 29.5 Å². The van der Waals surface area contributed by atoms with Crippen LogP contribution in [0, 0.1) is 11.3 Å². The zero-order chi connectivity index (χ0) is 18.2. The Morgan fingerprint density at radius 2 is 1.96 bits per heavy atom. The molecule has 0 heterocycles. The minimum absolute atomic E-state index is 0.0318. The van der Waals surface area contributed by atoms with E-state index in [1.165, 1.54) is 6.20 Å². The van der Waals surface area contributed by atoms with Gasteiger partial charge in [-0.05, 0) is 37.6 Å². The van der Waals surface area contributed by atoms with E-state index in [-0.39, 0.29) is 17.5 Å². The molecule has 4 nitrogen and oxygen atoms in total. The van der Waals surface area contributed by atoms with Gasteiger partial charge in [-0.15, -0.1) is 0 Å². The van der Waals surface area contributed by atoms with Crippen molar-refractivity contribution in [3.05, 3.63) is 77.0 Å². The van der Waals surface area contributed by atoms with Gasteiger partial charge >= 0.3 is 0 Å². The van der Waals surface area contributed by atoms with Gasteiger partial charge in [-0.3, -0.25) is 4.79 Å². The van der Waals surface area contributed by atoms with E-state index in [1.807, 2.05) is 56.3 Å². The molecule has 25 heavy (non-hydrogen) atoms. The van der Waals surface area contributed by atoms with Crippen LogP contribution in [0.2, 0.25) is 5.02 Å². The van der Waals surface area contributed by atoms with Crippen molar-refractivity contribution >= 4 is 23.2 Å². The summed E-state index contributed by atoms with van der Waals surface area (Å²) in [5.74, 6) is -0.309. The van der Waals surface area contributed by atoms with E-state index < -0.39 is 0 Å². The number of nitrogens with zero attached hydrogens (tertiary/aromatic N) is 2. The van der Waals surface area contributed by atoms with Crippen LogP contribution in [0.3, 0.4) is 0 Å². The van der Waals surface area contributed by atoms with Crippen molar-refractivity contribution in [3.8, 4) is 6.07 Å². The molecule has 5 heteroatoms. The lowest BCUT2D eigenvalue weighted by Gasteiger charge is -2.26. The molecule has 0 saturated carbocycles. The molecule has 128 valence electrons. The highest BCUT2D eigenvalue weighted by Gasteiger charge is 2.21. The highest BCUT2D eigenvalue weighted by molar-refractivity contribution is 6.30. The van der Waals surface area contributed by atoms with Crippen molar-refractivity contribution in [2.75, 3.05) is 5.32 Å². The number of benzene rings is 2. The maximum atomic E-state index is 12.8. The fourth-order valence-electron chi connectivity index (χ4n) is 2.30. The molecule has 0 fully saturated rings. The van der Waals surface area contributed by atoms with Crippen LogP contribution in [0.25, 0.3) is 0 Å². The highest BCUT2D eigenvalue weighted by Crippen LogP contribution is 2.16. The first-order chi connectivity index (χ1) is 12.0. The van der Waals surface area contributed by atoms with Gasteiger partial charge in [-0.25, -0.2) is 0 Å². The van der Waals surface area contributed by atoms with Crippen LogP contribution in [0.1, 0.15) is 19.4 Å². The second-order valence-corrected chi connectivity index (χ2v) is 6.27. The van der Waals surface area contributed by atoms with Gasteiger partial charge in [0.2, 0.25) is 0 Å². The first-order valence-corrected chi connectivity index (χ1v) is 8.36. The van der Waals surface area contributed by atoms with Crippen LogP contribution < -0.4 is 5.32 Å². The Balaban J connectivity index is 2.17. The lowest BCUT2D eigenvalue weighted by atomic mass is 10.1. The van der Waals surface area contributed by atoms with Gasteiger partial charge in [0.1, 0.15) is 11.6 Å². The topological polar surface area (TPSA) is 56.1 Å². The lowest BCUT2D eigenvalue weighted by molar-refractivity contribution is -0.129. The maximum Gasteiger partial charge on any atom is 0.266 e. The van der Waals surface area contributed by atoms with Crippen LogP contribution in [-0.4, -0.2) is 16.8 Å². The van der Waals surface area contributed by atoms with Gasteiger partial charge < -0.3 is 10.2 Å². The molecule has 0 saturated heterocycles. The van der Waals surface area contributed by atoms with E-state index in [0.717, 1.165) is 5.56 Å². The molecule has 2 rings (SSSR count). The molecule has 0 aliphatic rings. The quantitative estimate of drug-likeness (QED) is 0.610. The van der Waals surface area contributed by atoms with E-state index in [4.69, 9.17) is 11.6 Å². The second kappa shape index (κ2) is 8.91. The van der Waals surface area contributed by atoms with E-state index >= 15 is 0 Å². The van der Waals surface area contributed by atoms with Gasteiger partial charge in [0.15, 0.2) is 0 Å². The SMILES string of the molecule is CC(C)N(Cc1ccccc1)C(=O)/C(C#N)=C\Nc1cccc(Cl)c1. The smallest absolute Gasteiger partial charge is 0.266 e. The lowest BCUT2D eigenvalue weighted by Crippen LogP contribution is -2.37. The van der Waals surface area contributed by atoms with Crippen LogP contribution >= 0.6 is 11.6 Å². The Bertz CT molecular complexity index is 794. The van der Waals surface area contributed by atoms with E-state index in [1.54, 1.807) is 23.1 Å². The van der Waals surface area contributed by atoms with E-state index in [9.17, 15) is 10.1 Å². The number of anilines is 1. The van der Waals surface area contributed by atoms with Crippen LogP contribution in [0.4, 0.5) is 5.69 Å². The number of hydrogen-bond acceptors (Lipinski definition) is 3. The van der Waals surface area contributed by atoms with Crippen molar-refractivity contribution < 1.29 is 4.79 Å². The van der Waals surface area contributed by atoms with Crippen molar-refractivity contribution in [1.29, 1.82) is 5.26 Å². The highest BCUT2D eigenvalue weighted by atomic mass is 35.5. The number of nitrogens with one attached hydrogen (secondary N) is 1. The summed E-state index contributed by atoms with van der Waals surface area (Å²) in [6, 6.07) is 18.8. The Labute approximate surface area is 153 Å². The summed E-state index contributed by atoms with van der Waals surface area (Å²) < 4.78 is 0. The average Bonchev–Trinajstić information content (AvgIpc) is 2.60. The van der Waals surface area contributed by atoms with Crippen molar-refractivity contribution in [2.24, 2.45) is 0 Å². The summed E-state index contributed by atoms with van der Waals surface area (Å²) in [6.07, 6.45) is 1.42. The molecular formula is C20H20ClN3O. The Morgan fingerprint density at radius 3 is 2.56 bits per heavy atom. The standard InChI is InChI=1S/C20H20ClN3O/c1-15(2)24(14-16-7-4-3-5-8-16)20(25)17(12-22)13-23-19-10-6-9-18(21)11-19/h3-11,13,15,23H,14H2,1-2H3/b17-13-. The second-order valence-electron chi connectivity index (χ2n) is 5.84. The summed E-state index contributed by atoms with van der Waals surface area (Å²) in [7, 11) is 0. The molecule has 2 aromatic carbocycles. The average molecular weight is 354 g/mol. The monoisotopic (exact) mass is 353 g/mol. The molecule has 0 aliphatic carbocycles. The van der Waals surface area contributed by atoms with Crippen molar-refractivity contribution in [3.63, 3.8) is 0 Å². The third-order valence-corrected chi connectivity index (χ3v) is 3.87. The van der Waals surface area contributed by atoms with Gasteiger partial charge in [0.25, 0.3) is 5.91 Å². The molecule has 0 aromatic heterocycles. The molecule has 0 spiro atoms. The molecule has 0 atom stereocenters. The normalized spacial score (nSPS) is 11.1. The number of amides is 1. The van der Waals surface area contributed by atoms with Gasteiger partial charge in [0.05, 0.1) is 0 Å². The maximum absolute atomic E-state index is 12.8. The first kappa shape index (κ1) is 18.6. The molecular weight excluding hydrogens is 334 g/mol. The molecule has 0 radical (unpaired) electrons. The number of rotatable bonds is 6. The van der Waals surface area contributed by atoms with Gasteiger partial charge in [-0.1, -0.05) is 48.0 Å². The predicted molar refractivity (Wildman–Crippen MR) is 101 cm³/mol. The summed E-state index contributed by atoms with van der Waals surface area (Å²) in [5, 5.41) is 12.9. The molecule has 1 N–H and O–H groups in total. The van der Waals surface area contributed by atoms with E-state index in [2.05, 4.69) is 5.32 Å². The largest absolute Gasteiger partial charge is 0.360 e. The molecule has 2 aromatic rings. The third kappa shape index (κ3) is 5.37. The molecule has 0 bridgehead atoms. The molecule has 0 aliphatic heterocycles. The number of halogens is 1. The number of nitriles is 1. The molecule has 0 unspecified atom stereocenters. The van der Waals surface area contributed by atoms with Gasteiger partial charge in [-0.2, -0.15) is 5.26 Å².